The first-order valence-corrected chi connectivity index (χ1v) is 10.7. The predicted molar refractivity (Wildman–Crippen MR) is 112 cm³/mol. The Morgan fingerprint density at radius 3 is 2.50 bits per heavy atom. The van der Waals surface area contributed by atoms with E-state index in [0.29, 0.717) is 5.69 Å². The Morgan fingerprint density at radius 1 is 1.11 bits per heavy atom. The average molecular weight is 394 g/mol. The average Bonchev–Trinajstić information content (AvgIpc) is 3.05. The van der Waals surface area contributed by atoms with Gasteiger partial charge in [-0.05, 0) is 30.6 Å². The van der Waals surface area contributed by atoms with E-state index < -0.39 is 17.2 Å². The molecule has 0 spiro atoms. The summed E-state index contributed by atoms with van der Waals surface area (Å²) >= 11 is 0. The van der Waals surface area contributed by atoms with Gasteiger partial charge >= 0.3 is 7.05 Å². The van der Waals surface area contributed by atoms with Crippen molar-refractivity contribution in [3.8, 4) is 11.3 Å². The number of hydrogen-bond acceptors (Lipinski definition) is 5. The number of benzene rings is 2. The van der Waals surface area contributed by atoms with Crippen LogP contribution >= 0.6 is 0 Å². The fourth-order valence-electron chi connectivity index (χ4n) is 3.39. The quantitative estimate of drug-likeness (QED) is 0.415. The third-order valence-electron chi connectivity index (χ3n) is 4.65. The van der Waals surface area contributed by atoms with Gasteiger partial charge in [-0.25, -0.2) is 4.98 Å². The van der Waals surface area contributed by atoms with Crippen molar-refractivity contribution in [2.24, 2.45) is 0 Å². The molecule has 0 aliphatic heterocycles. The maximum Gasteiger partial charge on any atom is 0.413 e. The SMILES string of the molecule is CB(O)n1cc(-c2cc(COS(C)(=O)=O)c3ccccc3n2)c2ccccc21. The fourth-order valence-corrected chi connectivity index (χ4v) is 3.73. The third-order valence-corrected chi connectivity index (χ3v) is 5.20. The maximum atomic E-state index is 11.5. The highest BCUT2D eigenvalue weighted by Crippen LogP contribution is 2.32. The molecular formula is C20H19BN2O4S. The van der Waals surface area contributed by atoms with Gasteiger partial charge < -0.3 is 9.50 Å². The van der Waals surface area contributed by atoms with Crippen molar-refractivity contribution in [1.29, 1.82) is 0 Å². The summed E-state index contributed by atoms with van der Waals surface area (Å²) in [6.45, 7) is 1.64. The Balaban J connectivity index is 1.94. The second kappa shape index (κ2) is 7.05. The number of aromatic nitrogens is 2. The minimum Gasteiger partial charge on any atom is -0.432 e. The normalized spacial score (nSPS) is 12.0. The lowest BCUT2D eigenvalue weighted by Gasteiger charge is -2.09. The van der Waals surface area contributed by atoms with Gasteiger partial charge in [0.05, 0.1) is 24.1 Å². The molecule has 0 bridgehead atoms. The zero-order valence-electron chi connectivity index (χ0n) is 15.5. The van der Waals surface area contributed by atoms with Crippen LogP contribution in [-0.2, 0) is 20.9 Å². The van der Waals surface area contributed by atoms with Crippen LogP contribution in [0.1, 0.15) is 5.56 Å². The lowest BCUT2D eigenvalue weighted by molar-refractivity contribution is 0.313. The van der Waals surface area contributed by atoms with E-state index in [-0.39, 0.29) is 6.61 Å². The Hall–Kier alpha value is -2.68. The lowest BCUT2D eigenvalue weighted by Crippen LogP contribution is -2.17. The van der Waals surface area contributed by atoms with Gasteiger partial charge in [-0.3, -0.25) is 4.18 Å². The van der Waals surface area contributed by atoms with E-state index in [1.165, 1.54) is 0 Å². The van der Waals surface area contributed by atoms with E-state index >= 15 is 0 Å². The first-order chi connectivity index (χ1) is 13.3. The number of pyridine rings is 1. The molecule has 0 atom stereocenters. The van der Waals surface area contributed by atoms with Crippen molar-refractivity contribution < 1.29 is 17.6 Å². The van der Waals surface area contributed by atoms with Crippen LogP contribution in [0.2, 0.25) is 6.82 Å². The van der Waals surface area contributed by atoms with Gasteiger partial charge in [0.25, 0.3) is 10.1 Å². The van der Waals surface area contributed by atoms with E-state index in [1.807, 2.05) is 60.8 Å². The Bertz CT molecular complexity index is 1280. The summed E-state index contributed by atoms with van der Waals surface area (Å²) in [5, 5.41) is 11.9. The first-order valence-electron chi connectivity index (χ1n) is 8.84. The van der Waals surface area contributed by atoms with Gasteiger partial charge in [0.2, 0.25) is 0 Å². The van der Waals surface area contributed by atoms with Crippen molar-refractivity contribution in [3.05, 3.63) is 66.4 Å². The summed E-state index contributed by atoms with van der Waals surface area (Å²) in [5.74, 6) is 0. The van der Waals surface area contributed by atoms with Crippen LogP contribution in [0.4, 0.5) is 0 Å². The third kappa shape index (κ3) is 3.54. The van der Waals surface area contributed by atoms with Crippen molar-refractivity contribution in [3.63, 3.8) is 0 Å². The number of hydrogen-bond donors (Lipinski definition) is 1. The molecule has 2 heterocycles. The van der Waals surface area contributed by atoms with Crippen LogP contribution in [0, 0.1) is 0 Å². The molecule has 0 saturated carbocycles. The summed E-state index contributed by atoms with van der Waals surface area (Å²) in [4.78, 5) is 4.77. The van der Waals surface area contributed by atoms with E-state index in [9.17, 15) is 13.4 Å². The lowest BCUT2D eigenvalue weighted by atomic mass is 9.88. The Morgan fingerprint density at radius 2 is 1.79 bits per heavy atom. The molecule has 2 aromatic heterocycles. The van der Waals surface area contributed by atoms with Gasteiger partial charge in [-0.2, -0.15) is 8.42 Å². The summed E-state index contributed by atoms with van der Waals surface area (Å²) in [6, 6.07) is 17.2. The summed E-state index contributed by atoms with van der Waals surface area (Å²) in [6.07, 6.45) is 2.90. The second-order valence-corrected chi connectivity index (χ2v) is 8.39. The molecule has 142 valence electrons. The van der Waals surface area contributed by atoms with E-state index in [0.717, 1.165) is 39.2 Å². The molecule has 4 aromatic rings. The van der Waals surface area contributed by atoms with Crippen molar-refractivity contribution >= 4 is 39.0 Å². The van der Waals surface area contributed by atoms with E-state index in [4.69, 9.17) is 9.17 Å². The predicted octanol–water partition coefficient (Wildman–Crippen LogP) is 3.29. The smallest absolute Gasteiger partial charge is 0.413 e. The highest BCUT2D eigenvalue weighted by Gasteiger charge is 2.17. The molecule has 1 N–H and O–H groups in total. The minimum absolute atomic E-state index is 0.0656. The molecule has 28 heavy (non-hydrogen) atoms. The molecule has 6 nitrogen and oxygen atoms in total. The molecule has 0 unspecified atom stereocenters. The van der Waals surface area contributed by atoms with E-state index in [1.54, 1.807) is 11.3 Å². The molecular weight excluding hydrogens is 375 g/mol. The molecule has 8 heteroatoms. The molecule has 4 rings (SSSR count). The molecule has 0 saturated heterocycles. The summed E-state index contributed by atoms with van der Waals surface area (Å²) < 4.78 is 29.8. The van der Waals surface area contributed by atoms with Crippen LogP contribution in [0.3, 0.4) is 0 Å². The molecule has 0 amide bonds. The van der Waals surface area contributed by atoms with E-state index in [2.05, 4.69) is 0 Å². The van der Waals surface area contributed by atoms with Crippen LogP contribution in [0.5, 0.6) is 0 Å². The summed E-state index contributed by atoms with van der Waals surface area (Å²) in [5.41, 5.74) is 3.95. The zero-order valence-corrected chi connectivity index (χ0v) is 16.3. The van der Waals surface area contributed by atoms with Crippen molar-refractivity contribution in [2.75, 3.05) is 6.26 Å². The van der Waals surface area contributed by atoms with Crippen LogP contribution < -0.4 is 0 Å². The monoisotopic (exact) mass is 394 g/mol. The molecule has 0 aliphatic carbocycles. The highest BCUT2D eigenvalue weighted by atomic mass is 32.2. The van der Waals surface area contributed by atoms with Crippen molar-refractivity contribution in [1.82, 2.24) is 9.46 Å². The van der Waals surface area contributed by atoms with Gasteiger partial charge in [-0.15, -0.1) is 0 Å². The van der Waals surface area contributed by atoms with Crippen LogP contribution in [-0.4, -0.2) is 36.2 Å². The second-order valence-electron chi connectivity index (χ2n) is 6.75. The zero-order chi connectivity index (χ0) is 19.9. The largest absolute Gasteiger partial charge is 0.432 e. The van der Waals surface area contributed by atoms with Crippen LogP contribution in [0.15, 0.2) is 60.8 Å². The maximum absolute atomic E-state index is 11.5. The summed E-state index contributed by atoms with van der Waals surface area (Å²) in [7, 11) is -4.26. The molecule has 2 aromatic carbocycles. The number of nitrogens with zero attached hydrogens (tertiary/aromatic N) is 2. The van der Waals surface area contributed by atoms with Gasteiger partial charge in [0.15, 0.2) is 0 Å². The van der Waals surface area contributed by atoms with Crippen LogP contribution in [0.25, 0.3) is 33.1 Å². The first kappa shape index (κ1) is 18.7. The Labute approximate surface area is 163 Å². The number of fused-ring (bicyclic) bond motifs is 2. The topological polar surface area (TPSA) is 81.4 Å². The Kier molecular flexibility index (Phi) is 4.70. The molecule has 0 fully saturated rings. The fraction of sp³-hybridized carbons (Fsp3) is 0.150. The minimum atomic E-state index is -3.57. The van der Waals surface area contributed by atoms with Gasteiger partial charge in [-0.1, -0.05) is 36.4 Å². The van der Waals surface area contributed by atoms with Gasteiger partial charge in [0, 0.05) is 28.0 Å². The molecule has 0 aliphatic rings. The van der Waals surface area contributed by atoms with Gasteiger partial charge in [0.1, 0.15) is 0 Å². The molecule has 0 radical (unpaired) electrons. The standard InChI is InChI=1S/C20H19BN2O4S/c1-21(24)23-12-17(16-8-4-6-10-20(16)23)19-11-14(13-27-28(2,25)26)15-7-3-5-9-18(15)22-19/h3-12,24H,13H2,1-2H3. The number of rotatable bonds is 5. The highest BCUT2D eigenvalue weighted by molar-refractivity contribution is 7.85. The van der Waals surface area contributed by atoms with Crippen molar-refractivity contribution in [2.45, 2.75) is 13.4 Å². The number of para-hydroxylation sites is 2.